The Hall–Kier alpha value is -2.35. The largest absolute Gasteiger partial charge is 0.299 e. The molecule has 0 N–H and O–H groups in total. The zero-order chi connectivity index (χ0) is 17.6. The SMILES string of the molecule is CC(C)(C)c1ccc2c(ccn3c2nc2ccc4c(c23)C2CCC4C2)c1. The third-order valence-electron chi connectivity index (χ3n) is 6.77. The van der Waals surface area contributed by atoms with Crippen molar-refractivity contribution in [2.45, 2.75) is 57.3 Å². The molecule has 2 aliphatic rings. The van der Waals surface area contributed by atoms with Crippen LogP contribution in [0, 0.1) is 0 Å². The highest BCUT2D eigenvalue weighted by atomic mass is 15.0. The van der Waals surface area contributed by atoms with E-state index in [1.807, 2.05) is 0 Å². The van der Waals surface area contributed by atoms with Crippen LogP contribution in [0.15, 0.2) is 42.6 Å². The standard InChI is InChI=1S/C24H24N2/c1-24(2,3)17-6-7-19-15(13-17)10-11-26-22-20(25-23(19)26)9-8-18-14-4-5-16(12-14)21(18)22/h6-11,13-14,16H,4-5,12H2,1-3H3. The molecule has 2 atom stereocenters. The fourth-order valence-electron chi connectivity index (χ4n) is 5.40. The van der Waals surface area contributed by atoms with Crippen molar-refractivity contribution in [3.63, 3.8) is 0 Å². The first-order valence-corrected chi connectivity index (χ1v) is 9.88. The molecule has 4 aromatic rings. The van der Waals surface area contributed by atoms with E-state index in [4.69, 9.17) is 4.98 Å². The van der Waals surface area contributed by atoms with Gasteiger partial charge in [0.1, 0.15) is 5.65 Å². The molecule has 2 bridgehead atoms. The minimum atomic E-state index is 0.167. The second-order valence-electron chi connectivity index (χ2n) is 9.32. The van der Waals surface area contributed by atoms with E-state index < -0.39 is 0 Å². The summed E-state index contributed by atoms with van der Waals surface area (Å²) in [5.41, 5.74) is 8.36. The van der Waals surface area contributed by atoms with Gasteiger partial charge in [-0.2, -0.15) is 0 Å². The van der Waals surface area contributed by atoms with Crippen molar-refractivity contribution < 1.29 is 0 Å². The number of fused-ring (bicyclic) bond motifs is 11. The summed E-state index contributed by atoms with van der Waals surface area (Å²) < 4.78 is 2.36. The molecule has 26 heavy (non-hydrogen) atoms. The number of pyridine rings is 1. The number of imidazole rings is 1. The van der Waals surface area contributed by atoms with Crippen LogP contribution in [0.5, 0.6) is 0 Å². The van der Waals surface area contributed by atoms with E-state index in [-0.39, 0.29) is 5.41 Å². The summed E-state index contributed by atoms with van der Waals surface area (Å²) in [5, 5.41) is 2.55. The van der Waals surface area contributed by atoms with Gasteiger partial charge in [-0.15, -0.1) is 0 Å². The van der Waals surface area contributed by atoms with Crippen LogP contribution in [0.25, 0.3) is 27.5 Å². The van der Waals surface area contributed by atoms with Gasteiger partial charge in [-0.1, -0.05) is 45.0 Å². The normalized spacial score (nSPS) is 22.0. The topological polar surface area (TPSA) is 17.3 Å². The highest BCUT2D eigenvalue weighted by Crippen LogP contribution is 2.55. The molecule has 2 heterocycles. The Morgan fingerprint density at radius 1 is 1.00 bits per heavy atom. The van der Waals surface area contributed by atoms with Crippen molar-refractivity contribution in [2.24, 2.45) is 0 Å². The molecular weight excluding hydrogens is 316 g/mol. The lowest BCUT2D eigenvalue weighted by Gasteiger charge is -2.19. The molecule has 1 saturated carbocycles. The van der Waals surface area contributed by atoms with Gasteiger partial charge in [-0.3, -0.25) is 4.40 Å². The van der Waals surface area contributed by atoms with E-state index in [0.29, 0.717) is 0 Å². The number of rotatable bonds is 0. The Kier molecular flexibility index (Phi) is 2.66. The molecule has 6 rings (SSSR count). The number of hydrogen-bond acceptors (Lipinski definition) is 1. The molecule has 2 unspecified atom stereocenters. The van der Waals surface area contributed by atoms with Gasteiger partial charge >= 0.3 is 0 Å². The fraction of sp³-hybridized carbons (Fsp3) is 0.375. The molecule has 0 amide bonds. The van der Waals surface area contributed by atoms with Crippen LogP contribution in [0.2, 0.25) is 0 Å². The molecule has 2 aromatic carbocycles. The number of benzene rings is 2. The van der Waals surface area contributed by atoms with Crippen molar-refractivity contribution >= 4 is 27.5 Å². The molecule has 2 aliphatic carbocycles. The first-order valence-electron chi connectivity index (χ1n) is 9.88. The highest BCUT2D eigenvalue weighted by molar-refractivity contribution is 5.99. The van der Waals surface area contributed by atoms with Crippen LogP contribution in [-0.2, 0) is 5.41 Å². The van der Waals surface area contributed by atoms with Gasteiger partial charge in [-0.25, -0.2) is 4.98 Å². The lowest BCUT2D eigenvalue weighted by molar-refractivity contribution is 0.591. The second-order valence-corrected chi connectivity index (χ2v) is 9.32. The van der Waals surface area contributed by atoms with Crippen molar-refractivity contribution in [3.05, 3.63) is 59.3 Å². The van der Waals surface area contributed by atoms with Crippen LogP contribution in [0.3, 0.4) is 0 Å². The maximum atomic E-state index is 5.06. The van der Waals surface area contributed by atoms with E-state index in [1.165, 1.54) is 41.1 Å². The Balaban J connectivity index is 1.69. The first kappa shape index (κ1) is 14.8. The zero-order valence-corrected chi connectivity index (χ0v) is 15.7. The number of nitrogens with zero attached hydrogens (tertiary/aromatic N) is 2. The van der Waals surface area contributed by atoms with Crippen molar-refractivity contribution in [1.29, 1.82) is 0 Å². The van der Waals surface area contributed by atoms with Gasteiger partial charge in [0.25, 0.3) is 0 Å². The Morgan fingerprint density at radius 3 is 2.69 bits per heavy atom. The van der Waals surface area contributed by atoms with Gasteiger partial charge in [-0.05, 0) is 70.7 Å². The van der Waals surface area contributed by atoms with Gasteiger partial charge < -0.3 is 0 Å². The summed E-state index contributed by atoms with van der Waals surface area (Å²) in [7, 11) is 0. The Bertz CT molecular complexity index is 1210. The molecule has 0 spiro atoms. The van der Waals surface area contributed by atoms with Gasteiger partial charge in [0.15, 0.2) is 0 Å². The van der Waals surface area contributed by atoms with Crippen LogP contribution in [-0.4, -0.2) is 9.38 Å². The average Bonchev–Trinajstić information content (AvgIpc) is 3.32. The maximum absolute atomic E-state index is 5.06. The summed E-state index contributed by atoms with van der Waals surface area (Å²) in [5.74, 6) is 1.54. The first-order chi connectivity index (χ1) is 12.5. The highest BCUT2D eigenvalue weighted by Gasteiger charge is 2.38. The molecule has 130 valence electrons. The second kappa shape index (κ2) is 4.68. The molecule has 2 aromatic heterocycles. The van der Waals surface area contributed by atoms with Crippen molar-refractivity contribution in [3.8, 4) is 0 Å². The Morgan fingerprint density at radius 2 is 1.85 bits per heavy atom. The molecular formula is C24H24N2. The smallest absolute Gasteiger partial charge is 0.145 e. The number of hydrogen-bond donors (Lipinski definition) is 0. The summed E-state index contributed by atoms with van der Waals surface area (Å²) >= 11 is 0. The lowest BCUT2D eigenvalue weighted by atomic mass is 9.86. The van der Waals surface area contributed by atoms with E-state index >= 15 is 0 Å². The summed E-state index contributed by atoms with van der Waals surface area (Å²) in [4.78, 5) is 5.06. The minimum Gasteiger partial charge on any atom is -0.299 e. The predicted octanol–water partition coefficient (Wildman–Crippen LogP) is 6.30. The molecule has 2 nitrogen and oxygen atoms in total. The monoisotopic (exact) mass is 340 g/mol. The minimum absolute atomic E-state index is 0.167. The lowest BCUT2D eigenvalue weighted by Crippen LogP contribution is -2.10. The van der Waals surface area contributed by atoms with Gasteiger partial charge in [0.05, 0.1) is 11.0 Å². The molecule has 0 aliphatic heterocycles. The van der Waals surface area contributed by atoms with Crippen molar-refractivity contribution in [1.82, 2.24) is 9.38 Å². The van der Waals surface area contributed by atoms with Crippen LogP contribution >= 0.6 is 0 Å². The zero-order valence-electron chi connectivity index (χ0n) is 15.7. The van der Waals surface area contributed by atoms with Gasteiger partial charge in [0, 0.05) is 11.6 Å². The molecule has 2 heteroatoms. The summed E-state index contributed by atoms with van der Waals surface area (Å²) in [6.45, 7) is 6.82. The van der Waals surface area contributed by atoms with Crippen LogP contribution < -0.4 is 0 Å². The van der Waals surface area contributed by atoms with Crippen LogP contribution in [0.1, 0.15) is 68.6 Å². The summed E-state index contributed by atoms with van der Waals surface area (Å²) in [6.07, 6.45) is 6.32. The predicted molar refractivity (Wildman–Crippen MR) is 108 cm³/mol. The fourth-order valence-corrected chi connectivity index (χ4v) is 5.40. The molecule has 0 saturated heterocycles. The van der Waals surface area contributed by atoms with E-state index in [1.54, 1.807) is 11.1 Å². The number of aromatic nitrogens is 2. The average molecular weight is 340 g/mol. The Labute approximate surface area is 153 Å². The quantitative estimate of drug-likeness (QED) is 0.367. The third-order valence-corrected chi connectivity index (χ3v) is 6.77. The van der Waals surface area contributed by atoms with E-state index in [9.17, 15) is 0 Å². The summed E-state index contributed by atoms with van der Waals surface area (Å²) in [6, 6.07) is 13.7. The van der Waals surface area contributed by atoms with E-state index in [2.05, 4.69) is 67.8 Å². The van der Waals surface area contributed by atoms with Gasteiger partial charge in [0.2, 0.25) is 0 Å². The third kappa shape index (κ3) is 1.80. The van der Waals surface area contributed by atoms with Crippen LogP contribution in [0.4, 0.5) is 0 Å². The molecule has 0 radical (unpaired) electrons. The maximum Gasteiger partial charge on any atom is 0.145 e. The van der Waals surface area contributed by atoms with Crippen molar-refractivity contribution in [2.75, 3.05) is 0 Å². The van der Waals surface area contributed by atoms with E-state index in [0.717, 1.165) is 23.0 Å². The molecule has 1 fully saturated rings.